The van der Waals surface area contributed by atoms with Crippen molar-refractivity contribution in [2.45, 2.75) is 26.2 Å². The molecule has 0 radical (unpaired) electrons. The monoisotopic (exact) mass is 1290 g/mol. The molecule has 2 aliphatic rings. The average molecular weight is 1290 g/mol. The molecule has 1 aromatic heterocycles. The van der Waals surface area contributed by atoms with E-state index in [2.05, 4.69) is 382 Å². The van der Waals surface area contributed by atoms with Gasteiger partial charge in [-0.15, -0.1) is 11.3 Å². The van der Waals surface area contributed by atoms with E-state index in [4.69, 9.17) is 0 Å². The van der Waals surface area contributed by atoms with E-state index in [-0.39, 0.29) is 12.1 Å². The average Bonchev–Trinajstić information content (AvgIpc) is 0.721. The summed E-state index contributed by atoms with van der Waals surface area (Å²) < 4.78 is 2.59. The highest BCUT2D eigenvalue weighted by molar-refractivity contribution is 7.26. The fourth-order valence-electron chi connectivity index (χ4n) is 16.4. The zero-order chi connectivity index (χ0) is 66.6. The third-order valence-corrected chi connectivity index (χ3v) is 22.2. The number of benzene rings is 16. The Morgan fingerprint density at radius 1 is 0.260 bits per heavy atom. The van der Waals surface area contributed by atoms with Gasteiger partial charge in [0, 0.05) is 65.2 Å². The topological polar surface area (TPSA) is 6.48 Å². The second kappa shape index (κ2) is 23.9. The van der Waals surface area contributed by atoms with Crippen LogP contribution >= 0.6 is 11.3 Å². The molecule has 0 amide bonds. The molecule has 0 aliphatic carbocycles. The first-order valence-corrected chi connectivity index (χ1v) is 35.7. The zero-order valence-electron chi connectivity index (χ0n) is 55.9. The maximum absolute atomic E-state index is 2.71. The second-order valence-electron chi connectivity index (χ2n) is 27.8. The molecule has 2 aliphatic heterocycles. The number of hydrogen-bond acceptors (Lipinski definition) is 3. The summed E-state index contributed by atoms with van der Waals surface area (Å²) in [5, 5.41) is 7.50. The third kappa shape index (κ3) is 9.69. The van der Waals surface area contributed by atoms with E-state index in [1.807, 2.05) is 11.3 Å². The van der Waals surface area contributed by atoms with Gasteiger partial charge in [0.1, 0.15) is 0 Å². The maximum atomic E-state index is 2.71. The molecule has 19 rings (SSSR count). The smallest absolute Gasteiger partial charge is 0.252 e. The largest absolute Gasteiger partial charge is 0.310 e. The lowest BCUT2D eigenvalue weighted by Crippen LogP contribution is -2.61. The number of nitrogens with zero attached hydrogens (tertiary/aromatic N) is 2. The van der Waals surface area contributed by atoms with Gasteiger partial charge in [0.2, 0.25) is 0 Å². The highest BCUT2D eigenvalue weighted by atomic mass is 32.1. The summed E-state index contributed by atoms with van der Waals surface area (Å²) in [6, 6.07) is 132. The van der Waals surface area contributed by atoms with Crippen LogP contribution in [0.3, 0.4) is 0 Å². The number of hydrogen-bond donors (Lipinski definition) is 0. The molecule has 0 spiro atoms. The minimum atomic E-state index is -0.291. The minimum absolute atomic E-state index is 0.221. The van der Waals surface area contributed by atoms with Gasteiger partial charge in [-0.25, -0.2) is 0 Å². The first-order chi connectivity index (χ1) is 49.3. The number of fused-ring (bicyclic) bond motifs is 9. The van der Waals surface area contributed by atoms with Crippen molar-refractivity contribution in [3.8, 4) is 89.0 Å². The Hall–Kier alpha value is -12.1. The molecular formula is C96H67BN2S. The fourth-order valence-corrected chi connectivity index (χ4v) is 17.6. The van der Waals surface area contributed by atoms with Gasteiger partial charge in [0.05, 0.1) is 11.4 Å². The number of anilines is 6. The lowest BCUT2D eigenvalue weighted by atomic mass is 9.33. The van der Waals surface area contributed by atoms with E-state index in [1.54, 1.807) is 0 Å². The lowest BCUT2D eigenvalue weighted by Gasteiger charge is -2.46. The Labute approximate surface area is 588 Å². The summed E-state index contributed by atoms with van der Waals surface area (Å²) in [5.41, 5.74) is 30.5. The van der Waals surface area contributed by atoms with E-state index < -0.39 is 0 Å². The molecular weight excluding hydrogens is 1220 g/mol. The molecule has 0 atom stereocenters. The molecule has 17 aromatic rings. The van der Waals surface area contributed by atoms with Crippen molar-refractivity contribution in [3.63, 3.8) is 0 Å². The minimum Gasteiger partial charge on any atom is -0.310 e. The van der Waals surface area contributed by atoms with Crippen LogP contribution in [0.15, 0.2) is 352 Å². The Kier molecular flexibility index (Phi) is 14.1. The normalized spacial score (nSPS) is 12.5. The van der Waals surface area contributed by atoms with E-state index in [9.17, 15) is 0 Å². The Balaban J connectivity index is 0.954. The van der Waals surface area contributed by atoms with Crippen molar-refractivity contribution >= 4 is 110 Å². The van der Waals surface area contributed by atoms with Gasteiger partial charge in [0.25, 0.3) is 6.71 Å². The Morgan fingerprint density at radius 3 is 1.18 bits per heavy atom. The van der Waals surface area contributed by atoms with Crippen LogP contribution < -0.4 is 26.2 Å². The standard InChI is InChI=1S/C96H67BN2S/c1-96(2,3)71-60-87-92-88(61-71)99(94-74(64-33-14-6-15-34-64)46-27-47-75(94)65-35-16-7-17-36-65)86-59-69(68-51-54-80-82(57-68)91(67-39-20-9-21-40-67)79-43-23-22-42-78(79)90(80)66-37-18-8-19-38-66)52-55-83(86)97(92)84-58-70(76-48-28-49-81-77-41-24-25-50-89(77)100-95(76)81)53-56-85(84)98(87)93-72(62-29-10-4-11-30-62)44-26-45-73(93)63-31-12-5-13-32-63/h4-61H,1-3H3. The molecule has 4 heteroatoms. The van der Waals surface area contributed by atoms with Gasteiger partial charge >= 0.3 is 0 Å². The first kappa shape index (κ1) is 59.2. The van der Waals surface area contributed by atoms with E-state index in [1.165, 1.54) is 103 Å². The molecule has 0 saturated heterocycles. The van der Waals surface area contributed by atoms with Crippen molar-refractivity contribution in [1.29, 1.82) is 0 Å². The molecule has 16 aromatic carbocycles. The predicted octanol–water partition coefficient (Wildman–Crippen LogP) is 25.1. The van der Waals surface area contributed by atoms with Crippen molar-refractivity contribution < 1.29 is 0 Å². The lowest BCUT2D eigenvalue weighted by molar-refractivity contribution is 0.590. The summed E-state index contributed by atoms with van der Waals surface area (Å²) in [5.74, 6) is 0. The third-order valence-electron chi connectivity index (χ3n) is 21.0. The summed E-state index contributed by atoms with van der Waals surface area (Å²) >= 11 is 1.90. The summed E-state index contributed by atoms with van der Waals surface area (Å²) in [7, 11) is 0. The quantitative estimate of drug-likeness (QED) is 0.0995. The predicted molar refractivity (Wildman–Crippen MR) is 431 cm³/mol. The van der Waals surface area contributed by atoms with Crippen LogP contribution in [0.1, 0.15) is 26.3 Å². The number of thiophene rings is 1. The van der Waals surface area contributed by atoms with Crippen molar-refractivity contribution in [2.24, 2.45) is 0 Å². The molecule has 0 unspecified atom stereocenters. The highest BCUT2D eigenvalue weighted by Crippen LogP contribution is 2.55. The molecule has 0 saturated carbocycles. The van der Waals surface area contributed by atoms with Crippen LogP contribution in [-0.2, 0) is 5.41 Å². The van der Waals surface area contributed by atoms with Gasteiger partial charge in [-0.2, -0.15) is 0 Å². The van der Waals surface area contributed by atoms with E-state index in [0.717, 1.165) is 84.1 Å². The Bertz CT molecular complexity index is 5940. The second-order valence-corrected chi connectivity index (χ2v) is 28.8. The van der Waals surface area contributed by atoms with Gasteiger partial charge in [-0.1, -0.05) is 336 Å². The van der Waals surface area contributed by atoms with Gasteiger partial charge in [-0.3, -0.25) is 0 Å². The van der Waals surface area contributed by atoms with Crippen LogP contribution in [0.5, 0.6) is 0 Å². The highest BCUT2D eigenvalue weighted by Gasteiger charge is 2.46. The molecule has 470 valence electrons. The zero-order valence-corrected chi connectivity index (χ0v) is 56.7. The molecule has 0 bridgehead atoms. The van der Waals surface area contributed by atoms with Crippen molar-refractivity contribution in [2.75, 3.05) is 9.80 Å². The van der Waals surface area contributed by atoms with Crippen molar-refractivity contribution in [3.05, 3.63) is 357 Å². The summed E-state index contributed by atoms with van der Waals surface area (Å²) in [6.45, 7) is 6.94. The van der Waals surface area contributed by atoms with Crippen LogP contribution in [0.2, 0.25) is 0 Å². The molecule has 100 heavy (non-hydrogen) atoms. The van der Waals surface area contributed by atoms with Gasteiger partial charge < -0.3 is 9.80 Å². The molecule has 2 nitrogen and oxygen atoms in total. The summed E-state index contributed by atoms with van der Waals surface area (Å²) in [6.07, 6.45) is 0. The maximum Gasteiger partial charge on any atom is 0.252 e. The SMILES string of the molecule is CC(C)(C)c1cc2c3c(c1)N(c1c(-c4ccccc4)cccc1-c1ccccc1)c1cc(-c4ccc5c(-c6ccccc6)c6ccccc6c(-c6ccccc6)c5c4)ccc1B3c1cc(-c3cccc4c3sc3ccccc34)ccc1N2c1c(-c2ccccc2)cccc1-c1ccccc1. The number of rotatable bonds is 10. The van der Waals surface area contributed by atoms with Crippen molar-refractivity contribution in [1.82, 2.24) is 0 Å². The van der Waals surface area contributed by atoms with Crippen LogP contribution in [0.25, 0.3) is 131 Å². The molecule has 0 fully saturated rings. The molecule has 0 N–H and O–H groups in total. The van der Waals surface area contributed by atoms with E-state index >= 15 is 0 Å². The van der Waals surface area contributed by atoms with E-state index in [0.29, 0.717) is 0 Å². The van der Waals surface area contributed by atoms with Gasteiger partial charge in [0.15, 0.2) is 0 Å². The first-order valence-electron chi connectivity index (χ1n) is 34.8. The van der Waals surface area contributed by atoms with Crippen LogP contribution in [0, 0.1) is 0 Å². The number of para-hydroxylation sites is 2. The van der Waals surface area contributed by atoms with Crippen LogP contribution in [-0.4, -0.2) is 6.71 Å². The van der Waals surface area contributed by atoms with Gasteiger partial charge in [-0.05, 0) is 152 Å². The molecule has 3 heterocycles. The Morgan fingerprint density at radius 2 is 0.660 bits per heavy atom. The summed E-state index contributed by atoms with van der Waals surface area (Å²) in [4.78, 5) is 5.39. The van der Waals surface area contributed by atoms with Crippen LogP contribution in [0.4, 0.5) is 34.1 Å². The fraction of sp³-hybridized carbons (Fsp3) is 0.0417.